The molecule has 0 aliphatic heterocycles. The lowest BCUT2D eigenvalue weighted by atomic mass is 9.47. The lowest BCUT2D eigenvalue weighted by Crippen LogP contribution is -2.51. The molecule has 0 radical (unpaired) electrons. The molecule has 0 amide bonds. The van der Waals surface area contributed by atoms with Gasteiger partial charge in [-0.2, -0.15) is 0 Å². The maximum Gasteiger partial charge on any atom is 0.139 e. The van der Waals surface area contributed by atoms with Crippen molar-refractivity contribution in [1.29, 1.82) is 0 Å². The fraction of sp³-hybridized carbons (Fsp3) is 0.667. The van der Waals surface area contributed by atoms with E-state index in [1.807, 2.05) is 0 Å². The van der Waals surface area contributed by atoms with E-state index < -0.39 is 0 Å². The summed E-state index contributed by atoms with van der Waals surface area (Å²) in [7, 11) is 0. The number of ketones is 1. The van der Waals surface area contributed by atoms with Gasteiger partial charge in [-0.05, 0) is 73.8 Å². The molecule has 0 aromatic heterocycles. The Hall–Kier alpha value is -1.49. The molecule has 5 atom stereocenters. The van der Waals surface area contributed by atoms with Crippen molar-refractivity contribution in [3.8, 4) is 12.3 Å². The number of terminal acetylenes is 1. The van der Waals surface area contributed by atoms with E-state index in [1.165, 1.54) is 0 Å². The van der Waals surface area contributed by atoms with Crippen LogP contribution in [-0.4, -0.2) is 10.9 Å². The van der Waals surface area contributed by atoms with Crippen LogP contribution in [0, 0.1) is 40.9 Å². The molecule has 3 fully saturated rings. The Kier molecular flexibility index (Phi) is 3.12. The van der Waals surface area contributed by atoms with E-state index in [2.05, 4.69) is 19.4 Å². The highest BCUT2D eigenvalue weighted by Crippen LogP contribution is 2.65. The molecule has 0 heterocycles. The van der Waals surface area contributed by atoms with Gasteiger partial charge in [-0.1, -0.05) is 19.4 Å². The van der Waals surface area contributed by atoms with Gasteiger partial charge in [0.25, 0.3) is 0 Å². The van der Waals surface area contributed by atoms with Crippen molar-refractivity contribution in [3.05, 3.63) is 23.5 Å². The van der Waals surface area contributed by atoms with Crippen molar-refractivity contribution in [3.63, 3.8) is 0 Å². The largest absolute Gasteiger partial charge is 0.508 e. The average Bonchev–Trinajstić information content (AvgIpc) is 2.86. The molecule has 4 aliphatic carbocycles. The first-order chi connectivity index (χ1) is 10.9. The van der Waals surface area contributed by atoms with Gasteiger partial charge in [0.2, 0.25) is 0 Å². The summed E-state index contributed by atoms with van der Waals surface area (Å²) < 4.78 is 0. The van der Waals surface area contributed by atoms with Gasteiger partial charge in [0.1, 0.15) is 11.5 Å². The van der Waals surface area contributed by atoms with Crippen LogP contribution in [-0.2, 0) is 4.79 Å². The topological polar surface area (TPSA) is 37.3 Å². The van der Waals surface area contributed by atoms with Crippen LogP contribution in [0.1, 0.15) is 58.3 Å². The van der Waals surface area contributed by atoms with Gasteiger partial charge < -0.3 is 5.11 Å². The number of carbonyl (C=O) groups excluding carboxylic acids is 1. The van der Waals surface area contributed by atoms with Crippen LogP contribution in [0.3, 0.4) is 0 Å². The number of aliphatic hydroxyl groups is 1. The fourth-order valence-electron chi connectivity index (χ4n) is 6.44. The normalized spacial score (nSPS) is 46.0. The third kappa shape index (κ3) is 1.74. The highest BCUT2D eigenvalue weighted by Gasteiger charge is 2.60. The van der Waals surface area contributed by atoms with Gasteiger partial charge in [0.15, 0.2) is 0 Å². The maximum atomic E-state index is 12.4. The van der Waals surface area contributed by atoms with Gasteiger partial charge >= 0.3 is 0 Å². The van der Waals surface area contributed by atoms with Crippen molar-refractivity contribution in [2.45, 2.75) is 58.3 Å². The molecule has 0 bridgehead atoms. The summed E-state index contributed by atoms with van der Waals surface area (Å²) in [5.41, 5.74) is 1.52. The number of hydrogen-bond donors (Lipinski definition) is 1. The molecule has 1 N–H and O–H groups in total. The number of carbonyl (C=O) groups is 1. The quantitative estimate of drug-likeness (QED) is 0.665. The molecule has 4 rings (SSSR count). The zero-order valence-corrected chi connectivity index (χ0v) is 14.0. The summed E-state index contributed by atoms with van der Waals surface area (Å²) in [5, 5.41) is 10.6. The van der Waals surface area contributed by atoms with Crippen molar-refractivity contribution < 1.29 is 9.90 Å². The minimum atomic E-state index is -0.291. The number of hydrogen-bond acceptors (Lipinski definition) is 2. The minimum absolute atomic E-state index is 0.113. The lowest BCUT2D eigenvalue weighted by molar-refractivity contribution is -0.131. The molecule has 0 aromatic carbocycles. The van der Waals surface area contributed by atoms with E-state index >= 15 is 0 Å². The standard InChI is InChI=1S/C21H26O2/c1-4-21-12-9-13(2)19(23)17(21)6-5-14-15-7-8-18(22)20(15,3)11-10-16(14)21/h1,14-16,23H,2,5-12H2,3H3/t14-,15-,16-,20-,21+/m0/s1. The van der Waals surface area contributed by atoms with E-state index in [1.54, 1.807) is 0 Å². The van der Waals surface area contributed by atoms with Gasteiger partial charge in [-0.3, -0.25) is 4.79 Å². The SMILES string of the molecule is C#C[C@]12CCC(=C)C(O)=C1CC[C@@H]1[C@@H]2CC[C@]2(C)C(=O)CC[C@@H]12. The first-order valence-electron chi connectivity index (χ1n) is 9.06. The van der Waals surface area contributed by atoms with E-state index in [-0.39, 0.29) is 10.8 Å². The molecule has 0 unspecified atom stereocenters. The van der Waals surface area contributed by atoms with Crippen molar-refractivity contribution in [2.24, 2.45) is 28.6 Å². The van der Waals surface area contributed by atoms with Crippen LogP contribution in [0.25, 0.3) is 0 Å². The minimum Gasteiger partial charge on any atom is -0.508 e. The molecule has 0 saturated heterocycles. The summed E-state index contributed by atoms with van der Waals surface area (Å²) in [4.78, 5) is 12.4. The average molecular weight is 310 g/mol. The van der Waals surface area contributed by atoms with Crippen molar-refractivity contribution >= 4 is 5.78 Å². The summed E-state index contributed by atoms with van der Waals surface area (Å²) in [6.07, 6.45) is 13.5. The summed E-state index contributed by atoms with van der Waals surface area (Å²) >= 11 is 0. The molecule has 2 heteroatoms. The monoisotopic (exact) mass is 310 g/mol. The van der Waals surface area contributed by atoms with Crippen LogP contribution in [0.5, 0.6) is 0 Å². The first kappa shape index (κ1) is 15.1. The second-order valence-corrected chi connectivity index (χ2v) is 8.38. The zero-order valence-electron chi connectivity index (χ0n) is 14.0. The molecule has 23 heavy (non-hydrogen) atoms. The van der Waals surface area contributed by atoms with Crippen LogP contribution in [0.4, 0.5) is 0 Å². The van der Waals surface area contributed by atoms with Gasteiger partial charge in [0.05, 0.1) is 5.41 Å². The summed E-state index contributed by atoms with van der Waals surface area (Å²) in [6, 6.07) is 0. The Morgan fingerprint density at radius 3 is 2.70 bits per heavy atom. The van der Waals surface area contributed by atoms with E-state index in [0.717, 1.165) is 62.5 Å². The lowest BCUT2D eigenvalue weighted by Gasteiger charge is -2.56. The number of aliphatic hydroxyl groups excluding tert-OH is 1. The maximum absolute atomic E-state index is 12.4. The van der Waals surface area contributed by atoms with Crippen molar-refractivity contribution in [1.82, 2.24) is 0 Å². The zero-order chi connectivity index (χ0) is 16.4. The molecule has 0 spiro atoms. The van der Waals surface area contributed by atoms with E-state index in [9.17, 15) is 9.90 Å². The van der Waals surface area contributed by atoms with Crippen LogP contribution in [0.15, 0.2) is 23.5 Å². The van der Waals surface area contributed by atoms with E-state index in [4.69, 9.17) is 6.42 Å². The smallest absolute Gasteiger partial charge is 0.139 e. The van der Waals surface area contributed by atoms with Crippen molar-refractivity contribution in [2.75, 3.05) is 0 Å². The predicted molar refractivity (Wildman–Crippen MR) is 90.6 cm³/mol. The highest BCUT2D eigenvalue weighted by molar-refractivity contribution is 5.87. The summed E-state index contributed by atoms with van der Waals surface area (Å²) in [6.45, 7) is 6.20. The Morgan fingerprint density at radius 2 is 1.96 bits per heavy atom. The molecule has 0 aromatic rings. The Morgan fingerprint density at radius 1 is 1.17 bits per heavy atom. The number of rotatable bonds is 0. The predicted octanol–water partition coefficient (Wildman–Crippen LogP) is 4.57. The van der Waals surface area contributed by atoms with E-state index in [0.29, 0.717) is 29.3 Å². The van der Waals surface area contributed by atoms with Crippen LogP contribution in [0.2, 0.25) is 0 Å². The fourth-order valence-corrected chi connectivity index (χ4v) is 6.44. The summed E-state index contributed by atoms with van der Waals surface area (Å²) in [5.74, 6) is 5.45. The second-order valence-electron chi connectivity index (χ2n) is 8.38. The molecule has 4 aliphatic rings. The Labute approximate surface area is 139 Å². The molecule has 122 valence electrons. The molecular weight excluding hydrogens is 284 g/mol. The number of allylic oxidation sites excluding steroid dienone is 2. The van der Waals surface area contributed by atoms with Crippen LogP contribution < -0.4 is 0 Å². The van der Waals surface area contributed by atoms with Crippen LogP contribution >= 0.6 is 0 Å². The first-order valence-corrected chi connectivity index (χ1v) is 9.06. The number of fused-ring (bicyclic) bond motifs is 5. The highest BCUT2D eigenvalue weighted by atomic mass is 16.3. The third-order valence-corrected chi connectivity index (χ3v) is 7.74. The Balaban J connectivity index is 1.78. The third-order valence-electron chi connectivity index (χ3n) is 7.74. The van der Waals surface area contributed by atoms with Gasteiger partial charge in [0, 0.05) is 11.8 Å². The van der Waals surface area contributed by atoms with Gasteiger partial charge in [-0.15, -0.1) is 6.42 Å². The molecule has 2 nitrogen and oxygen atoms in total. The molecular formula is C21H26O2. The number of Topliss-reactive ketones (excluding diaryl/α,β-unsaturated/α-hetero) is 1. The second kappa shape index (κ2) is 4.76. The van der Waals surface area contributed by atoms with Gasteiger partial charge in [-0.25, -0.2) is 0 Å². The Bertz CT molecular complexity index is 664. The molecule has 3 saturated carbocycles.